The summed E-state index contributed by atoms with van der Waals surface area (Å²) in [6.45, 7) is 4.01. The maximum Gasteiger partial charge on any atom is 0.0450 e. The smallest absolute Gasteiger partial charge is 0.0450 e. The summed E-state index contributed by atoms with van der Waals surface area (Å²) in [5.74, 6) is 0.473. The zero-order valence-electron chi connectivity index (χ0n) is 16.1. The van der Waals surface area contributed by atoms with E-state index >= 15 is 0 Å². The third kappa shape index (κ3) is 4.82. The van der Waals surface area contributed by atoms with Gasteiger partial charge in [0.05, 0.1) is 0 Å². The molecule has 2 atom stereocenters. The third-order valence-electron chi connectivity index (χ3n) is 5.69. The van der Waals surface area contributed by atoms with Crippen LogP contribution in [0.15, 0.2) is 84.9 Å². The van der Waals surface area contributed by atoms with Crippen molar-refractivity contribution in [2.75, 3.05) is 13.1 Å². The average Bonchev–Trinajstić information content (AvgIpc) is 2.75. The molecule has 3 aromatic carbocycles. The molecule has 144 valence electrons. The lowest BCUT2D eigenvalue weighted by Gasteiger charge is -2.39. The SMILES string of the molecule is Clc1ccccc1CNC1CCN(Cc2ccccc2)CC1c1ccccc1. The van der Waals surface area contributed by atoms with Gasteiger partial charge in [-0.3, -0.25) is 4.90 Å². The lowest BCUT2D eigenvalue weighted by atomic mass is 9.85. The molecule has 0 saturated carbocycles. The first-order valence-electron chi connectivity index (χ1n) is 10.1. The highest BCUT2D eigenvalue weighted by molar-refractivity contribution is 6.31. The van der Waals surface area contributed by atoms with Crippen molar-refractivity contribution < 1.29 is 0 Å². The zero-order valence-corrected chi connectivity index (χ0v) is 16.9. The summed E-state index contributed by atoms with van der Waals surface area (Å²) >= 11 is 6.36. The molecule has 1 heterocycles. The number of hydrogen-bond donors (Lipinski definition) is 1. The zero-order chi connectivity index (χ0) is 19.2. The number of nitrogens with one attached hydrogen (secondary N) is 1. The van der Waals surface area contributed by atoms with Gasteiger partial charge in [-0.2, -0.15) is 0 Å². The molecule has 1 aliphatic rings. The Morgan fingerprint density at radius 2 is 1.54 bits per heavy atom. The Bertz CT molecular complexity index is 866. The Morgan fingerprint density at radius 3 is 2.29 bits per heavy atom. The van der Waals surface area contributed by atoms with Gasteiger partial charge in [0.15, 0.2) is 0 Å². The fourth-order valence-electron chi connectivity index (χ4n) is 4.17. The maximum atomic E-state index is 6.36. The van der Waals surface area contributed by atoms with E-state index in [1.54, 1.807) is 0 Å². The highest BCUT2D eigenvalue weighted by atomic mass is 35.5. The van der Waals surface area contributed by atoms with E-state index in [1.807, 2.05) is 12.1 Å². The second kappa shape index (κ2) is 9.38. The van der Waals surface area contributed by atoms with E-state index in [2.05, 4.69) is 83.0 Å². The van der Waals surface area contributed by atoms with Crippen molar-refractivity contribution in [3.8, 4) is 0 Å². The molecule has 0 aliphatic carbocycles. The molecule has 0 bridgehead atoms. The quantitative estimate of drug-likeness (QED) is 0.598. The predicted octanol–water partition coefficient (Wildman–Crippen LogP) is 5.49. The summed E-state index contributed by atoms with van der Waals surface area (Å²) in [5, 5.41) is 4.64. The lowest BCUT2D eigenvalue weighted by Crippen LogP contribution is -2.47. The molecule has 0 aromatic heterocycles. The van der Waals surface area contributed by atoms with Crippen LogP contribution in [0.1, 0.15) is 29.0 Å². The minimum Gasteiger partial charge on any atom is -0.309 e. The molecule has 1 N–H and O–H groups in total. The van der Waals surface area contributed by atoms with Crippen LogP contribution in [0.4, 0.5) is 0 Å². The molecule has 0 radical (unpaired) electrons. The van der Waals surface area contributed by atoms with Crippen LogP contribution >= 0.6 is 11.6 Å². The number of hydrogen-bond acceptors (Lipinski definition) is 2. The van der Waals surface area contributed by atoms with E-state index in [1.165, 1.54) is 16.7 Å². The van der Waals surface area contributed by atoms with Crippen LogP contribution in [0.2, 0.25) is 5.02 Å². The monoisotopic (exact) mass is 390 g/mol. The van der Waals surface area contributed by atoms with Gasteiger partial charge in [0, 0.05) is 43.2 Å². The van der Waals surface area contributed by atoms with Crippen molar-refractivity contribution in [3.05, 3.63) is 107 Å². The topological polar surface area (TPSA) is 15.3 Å². The van der Waals surface area contributed by atoms with Crippen molar-refractivity contribution in [2.45, 2.75) is 31.5 Å². The van der Waals surface area contributed by atoms with Gasteiger partial charge >= 0.3 is 0 Å². The molecule has 28 heavy (non-hydrogen) atoms. The fraction of sp³-hybridized carbons (Fsp3) is 0.280. The number of halogens is 1. The van der Waals surface area contributed by atoms with Crippen molar-refractivity contribution in [1.82, 2.24) is 10.2 Å². The van der Waals surface area contributed by atoms with Crippen LogP contribution in [-0.4, -0.2) is 24.0 Å². The molecule has 0 spiro atoms. The van der Waals surface area contributed by atoms with Crippen LogP contribution in [0, 0.1) is 0 Å². The molecule has 1 aliphatic heterocycles. The van der Waals surface area contributed by atoms with Crippen molar-refractivity contribution in [2.24, 2.45) is 0 Å². The Morgan fingerprint density at radius 1 is 0.857 bits per heavy atom. The predicted molar refractivity (Wildman–Crippen MR) is 118 cm³/mol. The van der Waals surface area contributed by atoms with Gasteiger partial charge < -0.3 is 5.32 Å². The first-order valence-corrected chi connectivity index (χ1v) is 10.5. The number of piperidine rings is 1. The van der Waals surface area contributed by atoms with E-state index in [4.69, 9.17) is 11.6 Å². The van der Waals surface area contributed by atoms with Gasteiger partial charge in [0.1, 0.15) is 0 Å². The first kappa shape index (κ1) is 19.2. The maximum absolute atomic E-state index is 6.36. The van der Waals surface area contributed by atoms with Gasteiger partial charge in [0.2, 0.25) is 0 Å². The van der Waals surface area contributed by atoms with Crippen LogP contribution in [0.3, 0.4) is 0 Å². The van der Waals surface area contributed by atoms with Crippen LogP contribution in [-0.2, 0) is 13.1 Å². The number of rotatable bonds is 6. The number of likely N-dealkylation sites (tertiary alicyclic amines) is 1. The van der Waals surface area contributed by atoms with Crippen LogP contribution in [0.25, 0.3) is 0 Å². The molecule has 1 saturated heterocycles. The standard InChI is InChI=1S/C25H27ClN2/c26-24-14-8-7-13-22(24)17-27-25-15-16-28(18-20-9-3-1-4-10-20)19-23(25)21-11-5-2-6-12-21/h1-14,23,25,27H,15-19H2. The second-order valence-electron chi connectivity index (χ2n) is 7.61. The highest BCUT2D eigenvalue weighted by Crippen LogP contribution is 2.29. The molecule has 0 amide bonds. The summed E-state index contributed by atoms with van der Waals surface area (Å²) in [4.78, 5) is 2.58. The fourth-order valence-corrected chi connectivity index (χ4v) is 4.37. The number of nitrogens with zero attached hydrogens (tertiary/aromatic N) is 1. The minimum atomic E-state index is 0.450. The Kier molecular flexibility index (Phi) is 6.43. The van der Waals surface area contributed by atoms with Crippen LogP contribution < -0.4 is 5.32 Å². The van der Waals surface area contributed by atoms with Crippen molar-refractivity contribution >= 4 is 11.6 Å². The van der Waals surface area contributed by atoms with Gasteiger partial charge in [-0.1, -0.05) is 90.5 Å². The molecule has 3 heteroatoms. The molecule has 1 fully saturated rings. The second-order valence-corrected chi connectivity index (χ2v) is 8.01. The van der Waals surface area contributed by atoms with Gasteiger partial charge in [0.25, 0.3) is 0 Å². The molecular formula is C25H27ClN2. The molecule has 3 aromatic rings. The summed E-state index contributed by atoms with van der Waals surface area (Å²) in [6, 6.07) is 30.3. The average molecular weight is 391 g/mol. The Hall–Kier alpha value is -2.13. The summed E-state index contributed by atoms with van der Waals surface area (Å²) in [6.07, 6.45) is 1.14. The third-order valence-corrected chi connectivity index (χ3v) is 6.05. The largest absolute Gasteiger partial charge is 0.309 e. The number of benzene rings is 3. The summed E-state index contributed by atoms with van der Waals surface area (Å²) < 4.78 is 0. The highest BCUT2D eigenvalue weighted by Gasteiger charge is 2.30. The van der Waals surface area contributed by atoms with Crippen molar-refractivity contribution in [3.63, 3.8) is 0 Å². The van der Waals surface area contributed by atoms with Gasteiger partial charge in [-0.25, -0.2) is 0 Å². The Balaban J connectivity index is 1.47. The van der Waals surface area contributed by atoms with E-state index < -0.39 is 0 Å². The lowest BCUT2D eigenvalue weighted by molar-refractivity contribution is 0.166. The van der Waals surface area contributed by atoms with Crippen LogP contribution in [0.5, 0.6) is 0 Å². The van der Waals surface area contributed by atoms with E-state index in [0.29, 0.717) is 12.0 Å². The van der Waals surface area contributed by atoms with E-state index in [-0.39, 0.29) is 0 Å². The van der Waals surface area contributed by atoms with Gasteiger partial charge in [-0.05, 0) is 29.2 Å². The summed E-state index contributed by atoms with van der Waals surface area (Å²) in [7, 11) is 0. The van der Waals surface area contributed by atoms with Crippen molar-refractivity contribution in [1.29, 1.82) is 0 Å². The van der Waals surface area contributed by atoms with Gasteiger partial charge in [-0.15, -0.1) is 0 Å². The minimum absolute atomic E-state index is 0.450. The molecule has 2 unspecified atom stereocenters. The van der Waals surface area contributed by atoms with E-state index in [0.717, 1.165) is 37.6 Å². The first-order chi connectivity index (χ1) is 13.8. The van der Waals surface area contributed by atoms with E-state index in [9.17, 15) is 0 Å². The molecule has 2 nitrogen and oxygen atoms in total. The normalized spacial score (nSPS) is 20.2. The summed E-state index contributed by atoms with van der Waals surface area (Å²) in [5.41, 5.74) is 3.97. The molecular weight excluding hydrogens is 364 g/mol. The molecule has 4 rings (SSSR count). The Labute approximate surface area is 173 Å².